The molecule has 0 unspecified atom stereocenters. The molecule has 0 N–H and O–H groups in total. The Morgan fingerprint density at radius 1 is 0.368 bits per heavy atom. The molecule has 12 rings (SSSR count). The summed E-state index contributed by atoms with van der Waals surface area (Å²) in [4.78, 5) is 15.4. The quantitative estimate of drug-likeness (QED) is 0.176. The van der Waals surface area contributed by atoms with Crippen molar-refractivity contribution in [3.8, 4) is 45.5 Å². The molecule has 0 radical (unpaired) electrons. The van der Waals surface area contributed by atoms with Gasteiger partial charge < -0.3 is 9.13 Å². The lowest BCUT2D eigenvalue weighted by molar-refractivity contribution is 1.07. The molecule has 0 saturated carbocycles. The Morgan fingerprint density at radius 2 is 0.930 bits per heavy atom. The van der Waals surface area contributed by atoms with Crippen molar-refractivity contribution in [2.75, 3.05) is 0 Å². The van der Waals surface area contributed by atoms with E-state index in [1.54, 1.807) is 0 Å². The molecule has 0 saturated heterocycles. The van der Waals surface area contributed by atoms with Crippen LogP contribution in [-0.2, 0) is 0 Å². The van der Waals surface area contributed by atoms with Crippen LogP contribution in [0, 0.1) is 0 Å². The van der Waals surface area contributed by atoms with E-state index >= 15 is 0 Å². The molecule has 6 heteroatoms. The predicted molar refractivity (Wildman–Crippen MR) is 238 cm³/mol. The van der Waals surface area contributed by atoms with Crippen LogP contribution < -0.4 is 0 Å². The van der Waals surface area contributed by atoms with E-state index < -0.39 is 0 Å². The Bertz CT molecular complexity index is 3400. The third-order valence-electron chi connectivity index (χ3n) is 11.2. The van der Waals surface area contributed by atoms with Crippen LogP contribution in [0.1, 0.15) is 0 Å². The number of rotatable bonds is 5. The molecule has 0 atom stereocenters. The SMILES string of the molecule is c1ccc(-c2nc(-c3ccccc3)nc(-c3cccc4c5cc6c(cc5n(-c5ccccc5)c34)sc3cccc(-n4c5ccccc5c5ccccc54)c36)n2)cc1. The standard InChI is InChI=1S/C51H31N5S/c1-4-16-32(17-5-1)49-52-50(33-18-6-2-7-19-33)54-51(53-49)38-25-14-24-37-39-30-40-46(31-44(39)55(48(37)38)34-20-8-3-9-21-34)57-45-29-15-28-43(47(40)45)56-41-26-12-10-22-35(41)36-23-11-13-27-42(36)56/h1-31H. The van der Waals surface area contributed by atoms with E-state index in [1.807, 2.05) is 47.7 Å². The second-order valence-electron chi connectivity index (χ2n) is 14.4. The van der Waals surface area contributed by atoms with E-state index in [9.17, 15) is 0 Å². The Hall–Kier alpha value is -7.41. The molecule has 4 heterocycles. The van der Waals surface area contributed by atoms with Gasteiger partial charge in [0.05, 0.1) is 27.8 Å². The molecular formula is C51H31N5S. The summed E-state index contributed by atoms with van der Waals surface area (Å²) in [5.74, 6) is 1.92. The molecule has 0 aliphatic rings. The number of thiophene rings is 1. The van der Waals surface area contributed by atoms with Crippen molar-refractivity contribution in [2.45, 2.75) is 0 Å². The molecule has 0 spiro atoms. The van der Waals surface area contributed by atoms with Gasteiger partial charge in [-0.1, -0.05) is 133 Å². The van der Waals surface area contributed by atoms with Crippen molar-refractivity contribution < 1.29 is 0 Å². The first-order chi connectivity index (χ1) is 28.3. The number of hydrogen-bond donors (Lipinski definition) is 0. The van der Waals surface area contributed by atoms with Gasteiger partial charge in [0.15, 0.2) is 17.5 Å². The van der Waals surface area contributed by atoms with E-state index in [4.69, 9.17) is 15.0 Å². The minimum atomic E-state index is 0.634. The zero-order valence-electron chi connectivity index (χ0n) is 30.5. The first-order valence-corrected chi connectivity index (χ1v) is 19.9. The van der Waals surface area contributed by atoms with Crippen molar-refractivity contribution in [3.05, 3.63) is 188 Å². The van der Waals surface area contributed by atoms with E-state index in [0.29, 0.717) is 17.5 Å². The van der Waals surface area contributed by atoms with Gasteiger partial charge in [-0.25, -0.2) is 15.0 Å². The molecule has 5 nitrogen and oxygen atoms in total. The van der Waals surface area contributed by atoms with Gasteiger partial charge >= 0.3 is 0 Å². The number of para-hydroxylation sites is 4. The Balaban J connectivity index is 1.17. The van der Waals surface area contributed by atoms with Crippen LogP contribution in [0.5, 0.6) is 0 Å². The minimum Gasteiger partial charge on any atom is -0.309 e. The summed E-state index contributed by atoms with van der Waals surface area (Å²) in [5, 5.41) is 7.35. The van der Waals surface area contributed by atoms with Crippen LogP contribution in [0.2, 0.25) is 0 Å². The van der Waals surface area contributed by atoms with Gasteiger partial charge in [0.2, 0.25) is 0 Å². The zero-order valence-corrected chi connectivity index (χ0v) is 31.4. The monoisotopic (exact) mass is 745 g/mol. The molecule has 266 valence electrons. The fourth-order valence-electron chi connectivity index (χ4n) is 8.69. The second kappa shape index (κ2) is 12.6. The smallest absolute Gasteiger partial charge is 0.166 e. The van der Waals surface area contributed by atoms with Crippen LogP contribution >= 0.6 is 11.3 Å². The molecule has 0 fully saturated rings. The highest BCUT2D eigenvalue weighted by Gasteiger charge is 2.23. The molecule has 8 aromatic carbocycles. The molecule has 12 aromatic rings. The van der Waals surface area contributed by atoms with Gasteiger partial charge in [-0.15, -0.1) is 11.3 Å². The highest BCUT2D eigenvalue weighted by atomic mass is 32.1. The summed E-state index contributed by atoms with van der Waals surface area (Å²) >= 11 is 1.85. The first-order valence-electron chi connectivity index (χ1n) is 19.1. The summed E-state index contributed by atoms with van der Waals surface area (Å²) in [6.07, 6.45) is 0. The largest absolute Gasteiger partial charge is 0.309 e. The maximum atomic E-state index is 5.19. The van der Waals surface area contributed by atoms with E-state index in [1.165, 1.54) is 53.1 Å². The molecule has 4 aromatic heterocycles. The minimum absolute atomic E-state index is 0.634. The van der Waals surface area contributed by atoms with Gasteiger partial charge in [0, 0.05) is 64.1 Å². The fraction of sp³-hybridized carbons (Fsp3) is 0. The third kappa shape index (κ3) is 4.91. The van der Waals surface area contributed by atoms with Crippen LogP contribution in [0.25, 0.3) is 109 Å². The third-order valence-corrected chi connectivity index (χ3v) is 12.3. The average molecular weight is 746 g/mol. The molecule has 0 aliphatic heterocycles. The van der Waals surface area contributed by atoms with E-state index in [0.717, 1.165) is 38.8 Å². The van der Waals surface area contributed by atoms with Crippen molar-refractivity contribution >= 4 is 75.1 Å². The number of nitrogens with zero attached hydrogens (tertiary/aromatic N) is 5. The topological polar surface area (TPSA) is 48.5 Å². The number of benzene rings is 8. The molecule has 0 amide bonds. The predicted octanol–water partition coefficient (Wildman–Crippen LogP) is 13.4. The Morgan fingerprint density at radius 3 is 1.60 bits per heavy atom. The highest BCUT2D eigenvalue weighted by Crippen LogP contribution is 2.45. The van der Waals surface area contributed by atoms with Crippen molar-refractivity contribution in [3.63, 3.8) is 0 Å². The zero-order chi connectivity index (χ0) is 37.5. The second-order valence-corrected chi connectivity index (χ2v) is 15.5. The summed E-state index contributed by atoms with van der Waals surface area (Å²) in [6, 6.07) is 66.6. The van der Waals surface area contributed by atoms with Crippen LogP contribution in [0.4, 0.5) is 0 Å². The fourth-order valence-corrected chi connectivity index (χ4v) is 9.83. The van der Waals surface area contributed by atoms with Crippen LogP contribution in [-0.4, -0.2) is 24.1 Å². The van der Waals surface area contributed by atoms with E-state index in [-0.39, 0.29) is 0 Å². The first kappa shape index (κ1) is 31.9. The lowest BCUT2D eigenvalue weighted by atomic mass is 10.0. The summed E-state index contributed by atoms with van der Waals surface area (Å²) in [6.45, 7) is 0. The van der Waals surface area contributed by atoms with E-state index in [2.05, 4.69) is 161 Å². The van der Waals surface area contributed by atoms with Crippen molar-refractivity contribution in [1.82, 2.24) is 24.1 Å². The summed E-state index contributed by atoms with van der Waals surface area (Å²) in [5.41, 5.74) is 9.73. The van der Waals surface area contributed by atoms with Crippen LogP contribution in [0.3, 0.4) is 0 Å². The average Bonchev–Trinajstić information content (AvgIpc) is 3.93. The maximum absolute atomic E-state index is 5.19. The van der Waals surface area contributed by atoms with Gasteiger partial charge in [0.1, 0.15) is 0 Å². The maximum Gasteiger partial charge on any atom is 0.166 e. The Kier molecular flexibility index (Phi) is 7.03. The molecule has 57 heavy (non-hydrogen) atoms. The van der Waals surface area contributed by atoms with Gasteiger partial charge in [-0.05, 0) is 54.6 Å². The summed E-state index contributed by atoms with van der Waals surface area (Å²) < 4.78 is 7.35. The summed E-state index contributed by atoms with van der Waals surface area (Å²) in [7, 11) is 0. The van der Waals surface area contributed by atoms with Crippen LogP contribution in [0.15, 0.2) is 188 Å². The van der Waals surface area contributed by atoms with Gasteiger partial charge in [-0.2, -0.15) is 0 Å². The highest BCUT2D eigenvalue weighted by molar-refractivity contribution is 7.26. The number of hydrogen-bond acceptors (Lipinski definition) is 4. The number of aromatic nitrogens is 5. The molecular weight excluding hydrogens is 715 g/mol. The lowest BCUT2D eigenvalue weighted by Gasteiger charge is -2.12. The van der Waals surface area contributed by atoms with Gasteiger partial charge in [-0.3, -0.25) is 0 Å². The molecule has 0 bridgehead atoms. The van der Waals surface area contributed by atoms with Crippen molar-refractivity contribution in [1.29, 1.82) is 0 Å². The Labute approximate surface area is 331 Å². The normalized spacial score (nSPS) is 11.9. The molecule has 0 aliphatic carbocycles. The lowest BCUT2D eigenvalue weighted by Crippen LogP contribution is -2.02. The number of fused-ring (bicyclic) bond motifs is 9. The van der Waals surface area contributed by atoms with Gasteiger partial charge in [0.25, 0.3) is 0 Å². The van der Waals surface area contributed by atoms with Crippen molar-refractivity contribution in [2.24, 2.45) is 0 Å².